The van der Waals surface area contributed by atoms with E-state index in [1.54, 1.807) is 0 Å². The predicted octanol–water partition coefficient (Wildman–Crippen LogP) is 6.71. The monoisotopic (exact) mass is 382 g/mol. The molecule has 1 radical (unpaired) electrons. The number of halogens is 1. The van der Waals surface area contributed by atoms with Gasteiger partial charge in [-0.15, -0.1) is 0 Å². The molecule has 1 aromatic heterocycles. The zero-order valence-corrected chi connectivity index (χ0v) is 16.3. The molecule has 5 rings (SSSR count). The summed E-state index contributed by atoms with van der Waals surface area (Å²) in [5.74, 6) is 0. The minimum atomic E-state index is 0.599. The number of fused-ring (bicyclic) bond motifs is 2. The molecule has 3 aromatic carbocycles. The molecule has 1 aliphatic heterocycles. The Morgan fingerprint density at radius 1 is 0.929 bits per heavy atom. The Labute approximate surface area is 169 Å². The van der Waals surface area contributed by atoms with Crippen molar-refractivity contribution in [3.63, 3.8) is 0 Å². The van der Waals surface area contributed by atoms with Crippen molar-refractivity contribution < 1.29 is 0 Å². The summed E-state index contributed by atoms with van der Waals surface area (Å²) in [6.07, 6.45) is 5.65. The van der Waals surface area contributed by atoms with Crippen LogP contribution in [0.25, 0.3) is 10.9 Å². The number of pyridine rings is 1. The van der Waals surface area contributed by atoms with E-state index in [1.165, 1.54) is 16.9 Å². The second-order valence-corrected chi connectivity index (χ2v) is 7.71. The highest BCUT2D eigenvalue weighted by molar-refractivity contribution is 6.30. The number of rotatable bonds is 3. The first-order valence-electron chi connectivity index (χ1n) is 9.35. The first kappa shape index (κ1) is 17.2. The minimum Gasteiger partial charge on any atom is -0.253 e. The summed E-state index contributed by atoms with van der Waals surface area (Å²) in [4.78, 5) is 4.66. The molecule has 0 bridgehead atoms. The van der Waals surface area contributed by atoms with Gasteiger partial charge in [0, 0.05) is 45.4 Å². The largest absolute Gasteiger partial charge is 0.253 e. The van der Waals surface area contributed by atoms with Crippen LogP contribution in [0.15, 0.2) is 85.1 Å². The molecule has 0 spiro atoms. The van der Waals surface area contributed by atoms with Crippen molar-refractivity contribution in [3.8, 4) is 0 Å². The van der Waals surface area contributed by atoms with Crippen LogP contribution in [0.5, 0.6) is 0 Å². The van der Waals surface area contributed by atoms with Crippen LogP contribution in [0.1, 0.15) is 16.8 Å². The summed E-state index contributed by atoms with van der Waals surface area (Å²) < 4.78 is 0.599. The quantitative estimate of drug-likeness (QED) is 0.358. The van der Waals surface area contributed by atoms with E-state index in [4.69, 9.17) is 11.6 Å². The Morgan fingerprint density at radius 3 is 2.61 bits per heavy atom. The average molecular weight is 383 g/mol. The normalized spacial score (nSPS) is 17.8. The minimum absolute atomic E-state index is 0.599. The number of para-hydroxylation sites is 1. The fourth-order valence-corrected chi connectivity index (χ4v) is 4.10. The molecule has 1 unspecified atom stereocenters. The van der Waals surface area contributed by atoms with Crippen LogP contribution in [-0.2, 0) is 6.54 Å². The summed E-state index contributed by atoms with van der Waals surface area (Å²) in [7, 11) is 0. The topological polar surface area (TPSA) is 12.9 Å². The summed E-state index contributed by atoms with van der Waals surface area (Å²) in [6, 6.07) is 27.4. The van der Waals surface area contributed by atoms with Gasteiger partial charge in [-0.2, -0.15) is 0 Å². The Kier molecular flexibility index (Phi) is 4.04. The lowest BCUT2D eigenvalue weighted by molar-refractivity contribution is 0.506. The van der Waals surface area contributed by atoms with E-state index in [0.717, 1.165) is 33.7 Å². The Hall–Kier alpha value is -2.94. The van der Waals surface area contributed by atoms with Gasteiger partial charge in [0.1, 0.15) is 18.4 Å². The molecule has 3 heteroatoms. The molecule has 0 amide bonds. The predicted molar refractivity (Wildman–Crippen MR) is 116 cm³/mol. The molecule has 0 N–H and O–H groups in total. The van der Waals surface area contributed by atoms with Crippen LogP contribution in [0.3, 0.4) is 0 Å². The highest BCUT2D eigenvalue weighted by Gasteiger charge is 2.37. The van der Waals surface area contributed by atoms with Gasteiger partial charge in [-0.1, -0.05) is 41.9 Å². The van der Waals surface area contributed by atoms with E-state index in [-0.39, 0.29) is 0 Å². The second kappa shape index (κ2) is 6.59. The van der Waals surface area contributed by atoms with Crippen LogP contribution < -0.4 is 4.48 Å². The third-order valence-corrected chi connectivity index (χ3v) is 5.64. The van der Waals surface area contributed by atoms with Gasteiger partial charge < -0.3 is 0 Å². The number of aromatic nitrogens is 1. The van der Waals surface area contributed by atoms with E-state index >= 15 is 0 Å². The highest BCUT2D eigenvalue weighted by Crippen LogP contribution is 2.44. The van der Waals surface area contributed by atoms with E-state index < -0.39 is 0 Å². The van der Waals surface area contributed by atoms with Crippen molar-refractivity contribution >= 4 is 33.9 Å². The number of hydrogen-bond acceptors (Lipinski definition) is 1. The lowest BCUT2D eigenvalue weighted by Crippen LogP contribution is -2.36. The maximum absolute atomic E-state index is 6.11. The maximum Gasteiger partial charge on any atom is 0.150 e. The third-order valence-electron chi connectivity index (χ3n) is 5.39. The first-order chi connectivity index (χ1) is 13.6. The van der Waals surface area contributed by atoms with Crippen LogP contribution in [-0.4, -0.2) is 4.98 Å². The molecule has 0 saturated heterocycles. The van der Waals surface area contributed by atoms with E-state index in [1.807, 2.05) is 19.1 Å². The van der Waals surface area contributed by atoms with Crippen molar-refractivity contribution in [2.24, 2.45) is 0 Å². The number of quaternary nitrogens is 1. The lowest BCUT2D eigenvalue weighted by Gasteiger charge is -2.32. The van der Waals surface area contributed by atoms with Crippen molar-refractivity contribution in [3.05, 3.63) is 113 Å². The molecule has 1 atom stereocenters. The average Bonchev–Trinajstić information content (AvgIpc) is 3.09. The molecule has 4 aromatic rings. The molecule has 2 nitrogen and oxygen atoms in total. The zero-order valence-electron chi connectivity index (χ0n) is 15.6. The SMILES string of the molecule is Cc1ccc2cc([N+]3(Cc4ccc(Cl)cc4)C=[C]c4ccccc43)ccc2n1. The maximum atomic E-state index is 6.11. The Morgan fingerprint density at radius 2 is 1.75 bits per heavy atom. The Bertz CT molecular complexity index is 1210. The molecule has 2 heterocycles. The molecule has 0 saturated carbocycles. The molecule has 0 fully saturated rings. The van der Waals surface area contributed by atoms with Crippen LogP contribution >= 0.6 is 11.6 Å². The zero-order chi connectivity index (χ0) is 19.1. The summed E-state index contributed by atoms with van der Waals surface area (Å²) in [5.41, 5.74) is 6.85. The van der Waals surface area contributed by atoms with Crippen LogP contribution in [0, 0.1) is 13.0 Å². The standard InChI is InChI=1S/C25H19ClN2/c1-18-6-9-21-16-23(12-13-24(21)27-18)28(17-19-7-10-22(26)11-8-19)15-14-20-4-2-3-5-25(20)28/h2-13,15-16H,17H2,1H3/q+1. The van der Waals surface area contributed by atoms with Gasteiger partial charge in [0.2, 0.25) is 0 Å². The number of benzene rings is 3. The lowest BCUT2D eigenvalue weighted by atomic mass is 10.1. The van der Waals surface area contributed by atoms with Gasteiger partial charge in [-0.05, 0) is 37.3 Å². The van der Waals surface area contributed by atoms with Gasteiger partial charge >= 0.3 is 0 Å². The van der Waals surface area contributed by atoms with Gasteiger partial charge in [0.25, 0.3) is 0 Å². The molecular weight excluding hydrogens is 364 g/mol. The number of hydrogen-bond donors (Lipinski definition) is 0. The van der Waals surface area contributed by atoms with E-state index in [9.17, 15) is 0 Å². The molecule has 135 valence electrons. The van der Waals surface area contributed by atoms with E-state index in [2.05, 4.69) is 84.0 Å². The highest BCUT2D eigenvalue weighted by atomic mass is 35.5. The first-order valence-corrected chi connectivity index (χ1v) is 9.73. The fraction of sp³-hybridized carbons (Fsp3) is 0.0800. The molecule has 1 aliphatic rings. The second-order valence-electron chi connectivity index (χ2n) is 7.27. The molecule has 0 aliphatic carbocycles. The number of nitrogens with zero attached hydrogens (tertiary/aromatic N) is 2. The van der Waals surface area contributed by atoms with Gasteiger partial charge in [0.05, 0.1) is 11.6 Å². The summed E-state index contributed by atoms with van der Waals surface area (Å²) >= 11 is 6.11. The Balaban J connectivity index is 1.70. The van der Waals surface area contributed by atoms with Crippen molar-refractivity contribution in [2.45, 2.75) is 13.5 Å². The smallest absolute Gasteiger partial charge is 0.150 e. The van der Waals surface area contributed by atoms with Gasteiger partial charge in [0.15, 0.2) is 5.69 Å². The van der Waals surface area contributed by atoms with Crippen molar-refractivity contribution in [1.82, 2.24) is 9.47 Å². The third kappa shape index (κ3) is 2.82. The summed E-state index contributed by atoms with van der Waals surface area (Å²) in [6.45, 7) is 2.82. The van der Waals surface area contributed by atoms with Crippen LogP contribution in [0.2, 0.25) is 5.02 Å². The molecule has 28 heavy (non-hydrogen) atoms. The molecular formula is C25H19ClN2+. The van der Waals surface area contributed by atoms with Crippen molar-refractivity contribution in [1.29, 1.82) is 0 Å². The number of aryl methyl sites for hydroxylation is 1. The summed E-state index contributed by atoms with van der Waals surface area (Å²) in [5, 5.41) is 1.90. The van der Waals surface area contributed by atoms with Crippen molar-refractivity contribution in [2.75, 3.05) is 0 Å². The fourth-order valence-electron chi connectivity index (χ4n) is 3.97. The van der Waals surface area contributed by atoms with Gasteiger partial charge in [-0.3, -0.25) is 4.98 Å². The van der Waals surface area contributed by atoms with E-state index in [0.29, 0.717) is 4.48 Å². The van der Waals surface area contributed by atoms with Crippen LogP contribution in [0.4, 0.5) is 11.4 Å². The van der Waals surface area contributed by atoms with Gasteiger partial charge in [-0.25, -0.2) is 4.48 Å².